The predicted molar refractivity (Wildman–Crippen MR) is 124 cm³/mol. The van der Waals surface area contributed by atoms with E-state index < -0.39 is 0 Å². The minimum Gasteiger partial charge on any atom is -0.374 e. The molecule has 0 aliphatic rings. The van der Waals surface area contributed by atoms with Crippen molar-refractivity contribution in [3.63, 3.8) is 0 Å². The van der Waals surface area contributed by atoms with E-state index in [0.29, 0.717) is 5.56 Å². The number of aryl methyl sites for hydroxylation is 1. The Balaban J connectivity index is 1.75. The lowest BCUT2D eigenvalue weighted by molar-refractivity contribution is 0.102. The largest absolute Gasteiger partial charge is 0.374 e. The van der Waals surface area contributed by atoms with E-state index in [1.54, 1.807) is 48.0 Å². The van der Waals surface area contributed by atoms with Crippen molar-refractivity contribution in [2.45, 2.75) is 19.9 Å². The first-order valence-electron chi connectivity index (χ1n) is 9.91. The number of rotatable bonds is 6. The van der Waals surface area contributed by atoms with Gasteiger partial charge in [-0.3, -0.25) is 9.78 Å². The highest BCUT2D eigenvalue weighted by Gasteiger charge is 2.25. The minimum absolute atomic E-state index is 0.154. The monoisotopic (exact) mass is 431 g/mol. The molecule has 0 saturated carbocycles. The van der Waals surface area contributed by atoms with Crippen molar-refractivity contribution < 1.29 is 9.18 Å². The predicted octanol–water partition coefficient (Wildman–Crippen LogP) is 6.35. The molecule has 1 amide bonds. The normalized spacial score (nSPS) is 11.7. The maximum absolute atomic E-state index is 13.4. The second-order valence-corrected chi connectivity index (χ2v) is 8.44. The Morgan fingerprint density at radius 2 is 1.65 bits per heavy atom. The van der Waals surface area contributed by atoms with Crippen LogP contribution in [0.4, 0.5) is 15.1 Å². The molecule has 0 bridgehead atoms. The molecule has 2 aromatic carbocycles. The number of anilines is 2. The number of nitrogens with one attached hydrogen (secondary N) is 2. The van der Waals surface area contributed by atoms with Gasteiger partial charge in [0.1, 0.15) is 10.8 Å². The smallest absolute Gasteiger partial charge is 0.256 e. The summed E-state index contributed by atoms with van der Waals surface area (Å²) < 4.78 is 13.4. The van der Waals surface area contributed by atoms with Gasteiger partial charge >= 0.3 is 0 Å². The molecular weight excluding hydrogens is 409 g/mol. The molecule has 6 heteroatoms. The van der Waals surface area contributed by atoms with Crippen LogP contribution in [0.2, 0.25) is 0 Å². The molecule has 2 aromatic heterocycles. The highest BCUT2D eigenvalue weighted by Crippen LogP contribution is 2.41. The summed E-state index contributed by atoms with van der Waals surface area (Å²) in [5.41, 5.74) is 4.47. The topological polar surface area (TPSA) is 54.0 Å². The molecule has 0 aliphatic heterocycles. The van der Waals surface area contributed by atoms with Gasteiger partial charge < -0.3 is 10.6 Å². The maximum Gasteiger partial charge on any atom is 0.256 e. The lowest BCUT2D eigenvalue weighted by Gasteiger charge is -2.23. The quantitative estimate of drug-likeness (QED) is 0.374. The summed E-state index contributed by atoms with van der Waals surface area (Å²) in [5, 5.41) is 7.40. The van der Waals surface area contributed by atoms with Crippen molar-refractivity contribution in [2.75, 3.05) is 10.6 Å². The Morgan fingerprint density at radius 3 is 2.32 bits per heavy atom. The van der Waals surface area contributed by atoms with Crippen LogP contribution in [0.3, 0.4) is 0 Å². The molecule has 0 fully saturated rings. The number of thiophene rings is 1. The number of carbonyl (C=O) groups excluding carboxylic acids is 1. The standard InChI is InChI=1S/C25H22FN3OS/c1-16-17(2)31-25(29-24(30)19-6-4-3-5-7-19)22(16)23(18-12-14-27-15-13-18)28-21-10-8-20(26)9-11-21/h3-15,23,28H,1-2H3,(H,29,30)/t23-/m0/s1. The molecule has 0 aliphatic carbocycles. The molecule has 4 aromatic rings. The minimum atomic E-state index is -0.288. The van der Waals surface area contributed by atoms with E-state index in [2.05, 4.69) is 22.5 Å². The van der Waals surface area contributed by atoms with Gasteiger partial charge in [0.15, 0.2) is 0 Å². The molecule has 1 atom stereocenters. The van der Waals surface area contributed by atoms with Gasteiger partial charge in [0.25, 0.3) is 5.91 Å². The molecule has 4 rings (SSSR count). The molecular formula is C25H22FN3OS. The first kappa shape index (κ1) is 20.8. The van der Waals surface area contributed by atoms with Crippen molar-refractivity contribution >= 4 is 27.9 Å². The number of carbonyl (C=O) groups is 1. The molecule has 156 valence electrons. The first-order valence-corrected chi connectivity index (χ1v) is 10.7. The van der Waals surface area contributed by atoms with E-state index in [9.17, 15) is 9.18 Å². The van der Waals surface area contributed by atoms with E-state index in [1.165, 1.54) is 12.1 Å². The van der Waals surface area contributed by atoms with Crippen molar-refractivity contribution in [1.29, 1.82) is 0 Å². The highest BCUT2D eigenvalue weighted by atomic mass is 32.1. The molecule has 4 nitrogen and oxygen atoms in total. The second kappa shape index (κ2) is 9.10. The number of hydrogen-bond donors (Lipinski definition) is 2. The molecule has 2 N–H and O–H groups in total. The Hall–Kier alpha value is -3.51. The van der Waals surface area contributed by atoms with Crippen LogP contribution in [-0.2, 0) is 0 Å². The number of nitrogens with zero attached hydrogens (tertiary/aromatic N) is 1. The van der Waals surface area contributed by atoms with Crippen molar-refractivity contribution in [2.24, 2.45) is 0 Å². The van der Waals surface area contributed by atoms with Crippen molar-refractivity contribution in [1.82, 2.24) is 4.98 Å². The molecule has 0 radical (unpaired) electrons. The summed E-state index contributed by atoms with van der Waals surface area (Å²) in [6, 6.07) is 19.1. The molecule has 2 heterocycles. The van der Waals surface area contributed by atoms with Crippen LogP contribution < -0.4 is 10.6 Å². The van der Waals surface area contributed by atoms with Gasteiger partial charge in [0.05, 0.1) is 6.04 Å². The second-order valence-electron chi connectivity index (χ2n) is 7.21. The Bertz CT molecular complexity index is 1170. The molecule has 0 spiro atoms. The third-order valence-corrected chi connectivity index (χ3v) is 6.32. The van der Waals surface area contributed by atoms with E-state index in [4.69, 9.17) is 0 Å². The van der Waals surface area contributed by atoms with Gasteiger partial charge in [-0.05, 0) is 73.5 Å². The van der Waals surface area contributed by atoms with Gasteiger partial charge in [-0.1, -0.05) is 18.2 Å². The van der Waals surface area contributed by atoms with Crippen LogP contribution in [0.15, 0.2) is 79.1 Å². The van der Waals surface area contributed by atoms with E-state index >= 15 is 0 Å². The number of pyridine rings is 1. The fourth-order valence-corrected chi connectivity index (χ4v) is 4.53. The zero-order valence-corrected chi connectivity index (χ0v) is 18.0. The summed E-state index contributed by atoms with van der Waals surface area (Å²) >= 11 is 1.55. The van der Waals surface area contributed by atoms with Crippen LogP contribution in [0.25, 0.3) is 0 Å². The van der Waals surface area contributed by atoms with Crippen LogP contribution in [0.5, 0.6) is 0 Å². The van der Waals surface area contributed by atoms with Crippen LogP contribution in [0, 0.1) is 19.7 Å². The summed E-state index contributed by atoms with van der Waals surface area (Å²) in [6.07, 6.45) is 3.48. The number of hydrogen-bond acceptors (Lipinski definition) is 4. The number of halogens is 1. The fraction of sp³-hybridized carbons (Fsp3) is 0.120. The van der Waals surface area contributed by atoms with Gasteiger partial charge in [0, 0.05) is 34.1 Å². The summed E-state index contributed by atoms with van der Waals surface area (Å²) in [6.45, 7) is 4.10. The summed E-state index contributed by atoms with van der Waals surface area (Å²) in [4.78, 5) is 18.1. The SMILES string of the molecule is Cc1sc(NC(=O)c2ccccc2)c([C@@H](Nc2ccc(F)cc2)c2ccncc2)c1C. The maximum atomic E-state index is 13.4. The Morgan fingerprint density at radius 1 is 0.968 bits per heavy atom. The van der Waals surface area contributed by atoms with Gasteiger partial charge in [-0.2, -0.15) is 0 Å². The van der Waals surface area contributed by atoms with Crippen molar-refractivity contribution in [3.05, 3.63) is 112 Å². The average Bonchev–Trinajstić information content (AvgIpc) is 3.07. The molecule has 31 heavy (non-hydrogen) atoms. The van der Waals surface area contributed by atoms with Gasteiger partial charge in [0.2, 0.25) is 0 Å². The van der Waals surface area contributed by atoms with E-state index in [1.807, 2.05) is 37.3 Å². The van der Waals surface area contributed by atoms with E-state index in [0.717, 1.165) is 32.3 Å². The third kappa shape index (κ3) is 4.64. The van der Waals surface area contributed by atoms with Gasteiger partial charge in [-0.25, -0.2) is 4.39 Å². The fourth-order valence-electron chi connectivity index (χ4n) is 3.44. The third-order valence-electron chi connectivity index (χ3n) is 5.18. The van der Waals surface area contributed by atoms with Crippen LogP contribution in [0.1, 0.15) is 38.0 Å². The molecule has 0 unspecified atom stereocenters. The summed E-state index contributed by atoms with van der Waals surface area (Å²) in [7, 11) is 0. The van der Waals surface area contributed by atoms with E-state index in [-0.39, 0.29) is 17.8 Å². The number of benzene rings is 2. The number of aromatic nitrogens is 1. The highest BCUT2D eigenvalue weighted by molar-refractivity contribution is 7.16. The summed E-state index contributed by atoms with van der Waals surface area (Å²) in [5.74, 6) is -0.442. The Kier molecular flexibility index (Phi) is 6.09. The lowest BCUT2D eigenvalue weighted by Crippen LogP contribution is -2.17. The van der Waals surface area contributed by atoms with Crippen LogP contribution in [-0.4, -0.2) is 10.9 Å². The zero-order chi connectivity index (χ0) is 21.8. The Labute approximate surface area is 184 Å². The average molecular weight is 432 g/mol. The van der Waals surface area contributed by atoms with Gasteiger partial charge in [-0.15, -0.1) is 11.3 Å². The molecule has 0 saturated heterocycles. The first-order chi connectivity index (χ1) is 15.0. The van der Waals surface area contributed by atoms with Crippen LogP contribution >= 0.6 is 11.3 Å². The van der Waals surface area contributed by atoms with Crippen molar-refractivity contribution in [3.8, 4) is 0 Å². The zero-order valence-electron chi connectivity index (χ0n) is 17.2. The number of amides is 1. The lowest BCUT2D eigenvalue weighted by atomic mass is 9.96.